The Bertz CT molecular complexity index is 1050. The minimum Gasteiger partial charge on any atom is -0.485 e. The van der Waals surface area contributed by atoms with Gasteiger partial charge in [-0.25, -0.2) is 0 Å². The molecule has 0 radical (unpaired) electrons. The lowest BCUT2D eigenvalue weighted by molar-refractivity contribution is -0.385. The first-order chi connectivity index (χ1) is 13.9. The van der Waals surface area contributed by atoms with Crippen molar-refractivity contribution in [2.45, 2.75) is 6.92 Å². The number of rotatable bonds is 7. The third-order valence-corrected chi connectivity index (χ3v) is 4.24. The summed E-state index contributed by atoms with van der Waals surface area (Å²) in [6.45, 7) is 1.41. The fraction of sp³-hybridized carbons (Fsp3) is 0.0909. The zero-order valence-electron chi connectivity index (χ0n) is 15.6. The lowest BCUT2D eigenvalue weighted by Gasteiger charge is -2.08. The number of carbonyl (C=O) groups excluding carboxylic acids is 2. The molecular formula is C22H18N2O5. The molecule has 0 aromatic heterocycles. The molecule has 1 N–H and O–H groups in total. The molecule has 0 saturated carbocycles. The van der Waals surface area contributed by atoms with E-state index in [1.54, 1.807) is 55.5 Å². The highest BCUT2D eigenvalue weighted by atomic mass is 16.6. The number of nitro benzene ring substituents is 1. The number of hydrogen-bond donors (Lipinski definition) is 1. The molecule has 0 bridgehead atoms. The molecule has 7 nitrogen and oxygen atoms in total. The van der Waals surface area contributed by atoms with E-state index in [9.17, 15) is 19.7 Å². The number of ketones is 1. The molecule has 0 saturated heterocycles. The van der Waals surface area contributed by atoms with Crippen LogP contribution in [-0.4, -0.2) is 23.2 Å². The van der Waals surface area contributed by atoms with Crippen LogP contribution in [0.4, 0.5) is 11.4 Å². The molecule has 0 aliphatic carbocycles. The van der Waals surface area contributed by atoms with Crippen molar-refractivity contribution in [3.63, 3.8) is 0 Å². The normalized spacial score (nSPS) is 10.2. The second-order valence-corrected chi connectivity index (χ2v) is 6.31. The Hall–Kier alpha value is -4.00. The van der Waals surface area contributed by atoms with Crippen LogP contribution in [0.2, 0.25) is 0 Å². The standard InChI is InChI=1S/C22H18N2O5/c1-15-13-19(11-12-20(15)24(27)28)29-14-21(25)16-7-9-18(10-8-16)23-22(26)17-5-3-2-4-6-17/h2-13H,14H2,1H3,(H,23,26). The number of carbonyl (C=O) groups is 2. The average Bonchev–Trinajstić information content (AvgIpc) is 2.73. The van der Waals surface area contributed by atoms with Gasteiger partial charge in [-0.3, -0.25) is 19.7 Å². The highest BCUT2D eigenvalue weighted by Gasteiger charge is 2.12. The number of nitro groups is 1. The van der Waals surface area contributed by atoms with E-state index >= 15 is 0 Å². The summed E-state index contributed by atoms with van der Waals surface area (Å²) < 4.78 is 5.45. The van der Waals surface area contributed by atoms with Crippen molar-refractivity contribution >= 4 is 23.1 Å². The molecule has 3 rings (SSSR count). The van der Waals surface area contributed by atoms with E-state index in [4.69, 9.17) is 4.74 Å². The second-order valence-electron chi connectivity index (χ2n) is 6.31. The summed E-state index contributed by atoms with van der Waals surface area (Å²) in [5, 5.41) is 13.6. The molecule has 3 aromatic rings. The predicted octanol–water partition coefficient (Wildman–Crippen LogP) is 4.42. The molecule has 29 heavy (non-hydrogen) atoms. The Morgan fingerprint density at radius 1 is 0.966 bits per heavy atom. The fourth-order valence-corrected chi connectivity index (χ4v) is 2.69. The van der Waals surface area contributed by atoms with Gasteiger partial charge in [-0.15, -0.1) is 0 Å². The summed E-state index contributed by atoms with van der Waals surface area (Å²) in [5.74, 6) is -0.100. The lowest BCUT2D eigenvalue weighted by Crippen LogP contribution is -2.13. The molecule has 0 heterocycles. The van der Waals surface area contributed by atoms with Crippen molar-refractivity contribution in [3.05, 3.63) is 99.6 Å². The lowest BCUT2D eigenvalue weighted by atomic mass is 10.1. The van der Waals surface area contributed by atoms with Crippen molar-refractivity contribution in [1.82, 2.24) is 0 Å². The maximum atomic E-state index is 12.3. The number of nitrogens with zero attached hydrogens (tertiary/aromatic N) is 1. The van der Waals surface area contributed by atoms with Gasteiger partial charge in [0.1, 0.15) is 5.75 Å². The van der Waals surface area contributed by atoms with E-state index in [0.717, 1.165) is 0 Å². The number of amides is 1. The highest BCUT2D eigenvalue weighted by Crippen LogP contribution is 2.23. The summed E-state index contributed by atoms with van der Waals surface area (Å²) in [5.41, 5.74) is 2.00. The zero-order chi connectivity index (χ0) is 20.8. The first-order valence-electron chi connectivity index (χ1n) is 8.81. The summed E-state index contributed by atoms with van der Waals surface area (Å²) in [7, 11) is 0. The number of nitrogens with one attached hydrogen (secondary N) is 1. The van der Waals surface area contributed by atoms with E-state index in [2.05, 4.69) is 5.32 Å². The quantitative estimate of drug-likeness (QED) is 0.366. The first-order valence-corrected chi connectivity index (χ1v) is 8.81. The summed E-state index contributed by atoms with van der Waals surface area (Å²) >= 11 is 0. The van der Waals surface area contributed by atoms with Gasteiger partial charge >= 0.3 is 0 Å². The van der Waals surface area contributed by atoms with Gasteiger partial charge < -0.3 is 10.1 Å². The van der Waals surface area contributed by atoms with Crippen LogP contribution in [0.25, 0.3) is 0 Å². The summed E-state index contributed by atoms with van der Waals surface area (Å²) in [6.07, 6.45) is 0. The van der Waals surface area contributed by atoms with Crippen LogP contribution in [0.5, 0.6) is 5.75 Å². The van der Waals surface area contributed by atoms with Crippen LogP contribution in [0, 0.1) is 17.0 Å². The average molecular weight is 390 g/mol. The van der Waals surface area contributed by atoms with Crippen LogP contribution in [0.15, 0.2) is 72.8 Å². The number of aryl methyl sites for hydroxylation is 1. The molecule has 0 aliphatic rings. The number of hydrogen-bond acceptors (Lipinski definition) is 5. The Morgan fingerprint density at radius 2 is 1.66 bits per heavy atom. The van der Waals surface area contributed by atoms with Crippen LogP contribution >= 0.6 is 0 Å². The van der Waals surface area contributed by atoms with E-state index in [-0.39, 0.29) is 24.0 Å². The van der Waals surface area contributed by atoms with Gasteiger partial charge in [-0.05, 0) is 55.5 Å². The Morgan fingerprint density at radius 3 is 2.28 bits per heavy atom. The minimum absolute atomic E-state index is 0.00295. The molecule has 0 fully saturated rings. The largest absolute Gasteiger partial charge is 0.485 e. The third kappa shape index (κ3) is 5.04. The molecule has 0 atom stereocenters. The molecule has 3 aromatic carbocycles. The van der Waals surface area contributed by atoms with Crippen LogP contribution < -0.4 is 10.1 Å². The maximum absolute atomic E-state index is 12.3. The monoisotopic (exact) mass is 390 g/mol. The van der Waals surface area contributed by atoms with E-state index in [1.807, 2.05) is 6.07 Å². The zero-order valence-corrected chi connectivity index (χ0v) is 15.6. The van der Waals surface area contributed by atoms with E-state index in [0.29, 0.717) is 28.1 Å². The number of ether oxygens (including phenoxy) is 1. The molecule has 0 aliphatic heterocycles. The Kier molecular flexibility index (Phi) is 5.99. The Labute approximate surface area is 167 Å². The van der Waals surface area contributed by atoms with Crippen molar-refractivity contribution in [2.24, 2.45) is 0 Å². The van der Waals surface area contributed by atoms with Gasteiger partial charge in [0.05, 0.1) is 4.92 Å². The SMILES string of the molecule is Cc1cc(OCC(=O)c2ccc(NC(=O)c3ccccc3)cc2)ccc1[N+](=O)[O-]. The third-order valence-electron chi connectivity index (χ3n) is 4.24. The van der Waals surface area contributed by atoms with E-state index in [1.165, 1.54) is 18.2 Å². The second kappa shape index (κ2) is 8.79. The van der Waals surface area contributed by atoms with E-state index < -0.39 is 4.92 Å². The van der Waals surface area contributed by atoms with Crippen LogP contribution in [0.3, 0.4) is 0 Å². The highest BCUT2D eigenvalue weighted by molar-refractivity contribution is 6.04. The van der Waals surface area contributed by atoms with Gasteiger partial charge in [0.15, 0.2) is 12.4 Å². The molecule has 0 unspecified atom stereocenters. The molecule has 0 spiro atoms. The summed E-state index contributed by atoms with van der Waals surface area (Å²) in [6, 6.07) is 19.6. The summed E-state index contributed by atoms with van der Waals surface area (Å²) in [4.78, 5) is 34.8. The van der Waals surface area contributed by atoms with Crippen molar-refractivity contribution < 1.29 is 19.2 Å². The molecule has 1 amide bonds. The van der Waals surface area contributed by atoms with Gasteiger partial charge in [0.25, 0.3) is 11.6 Å². The first kappa shape index (κ1) is 19.8. The van der Waals surface area contributed by atoms with Gasteiger partial charge in [0.2, 0.25) is 0 Å². The molecule has 146 valence electrons. The fourth-order valence-electron chi connectivity index (χ4n) is 2.69. The smallest absolute Gasteiger partial charge is 0.272 e. The number of benzene rings is 3. The number of Topliss-reactive ketones (excluding diaryl/α,β-unsaturated/α-hetero) is 1. The van der Waals surface area contributed by atoms with Gasteiger partial charge in [-0.2, -0.15) is 0 Å². The number of anilines is 1. The van der Waals surface area contributed by atoms with Gasteiger partial charge in [-0.1, -0.05) is 18.2 Å². The maximum Gasteiger partial charge on any atom is 0.272 e. The van der Waals surface area contributed by atoms with Gasteiger partial charge in [0, 0.05) is 28.4 Å². The molecular weight excluding hydrogens is 372 g/mol. The van der Waals surface area contributed by atoms with Crippen LogP contribution in [0.1, 0.15) is 26.3 Å². The minimum atomic E-state index is -0.470. The van der Waals surface area contributed by atoms with Crippen molar-refractivity contribution in [3.8, 4) is 5.75 Å². The predicted molar refractivity (Wildman–Crippen MR) is 108 cm³/mol. The Balaban J connectivity index is 1.58. The topological polar surface area (TPSA) is 98.5 Å². The van der Waals surface area contributed by atoms with Crippen LogP contribution in [-0.2, 0) is 0 Å². The van der Waals surface area contributed by atoms with Crippen molar-refractivity contribution in [2.75, 3.05) is 11.9 Å². The van der Waals surface area contributed by atoms with Crippen molar-refractivity contribution in [1.29, 1.82) is 0 Å². The molecule has 7 heteroatoms.